The molecule has 1 saturated heterocycles. The molecule has 1 aromatic rings. The highest BCUT2D eigenvalue weighted by Crippen LogP contribution is 2.25. The van der Waals surface area contributed by atoms with Gasteiger partial charge in [0.1, 0.15) is 0 Å². The van der Waals surface area contributed by atoms with Gasteiger partial charge in [0.05, 0.1) is 0 Å². The molecule has 0 spiro atoms. The van der Waals surface area contributed by atoms with Crippen molar-refractivity contribution in [3.05, 3.63) is 29.3 Å². The molecule has 21 heavy (non-hydrogen) atoms. The Morgan fingerprint density at radius 1 is 1.33 bits per heavy atom. The number of nitrogens with one attached hydrogen (secondary N) is 1. The summed E-state index contributed by atoms with van der Waals surface area (Å²) >= 11 is 0. The van der Waals surface area contributed by atoms with Gasteiger partial charge >= 0.3 is 0 Å². The highest BCUT2D eigenvalue weighted by Gasteiger charge is 2.19. The minimum atomic E-state index is 0.145. The van der Waals surface area contributed by atoms with Gasteiger partial charge in [-0.05, 0) is 69.7 Å². The van der Waals surface area contributed by atoms with E-state index in [1.54, 1.807) is 0 Å². The van der Waals surface area contributed by atoms with Gasteiger partial charge in [0, 0.05) is 37.5 Å². The third-order valence-electron chi connectivity index (χ3n) is 4.28. The lowest BCUT2D eigenvalue weighted by atomic mass is 9.97. The molecule has 1 atom stereocenters. The first-order valence-electron chi connectivity index (χ1n) is 8.09. The lowest BCUT2D eigenvalue weighted by Crippen LogP contribution is -2.37. The second-order valence-electron chi connectivity index (χ2n) is 7.35. The van der Waals surface area contributed by atoms with E-state index < -0.39 is 0 Å². The Hall–Kier alpha value is -1.06. The Bertz CT molecular complexity index is 465. The predicted molar refractivity (Wildman–Crippen MR) is 89.8 cm³/mol. The molecule has 1 fully saturated rings. The summed E-state index contributed by atoms with van der Waals surface area (Å²) in [5.41, 5.74) is 4.15. The second kappa shape index (κ2) is 6.80. The summed E-state index contributed by atoms with van der Waals surface area (Å²) in [5.74, 6) is 0.432. The molecular formula is C18H30N2O. The van der Waals surface area contributed by atoms with Crippen LogP contribution in [0.3, 0.4) is 0 Å². The molecule has 0 aliphatic carbocycles. The van der Waals surface area contributed by atoms with Crippen molar-refractivity contribution in [2.75, 3.05) is 24.6 Å². The summed E-state index contributed by atoms with van der Waals surface area (Å²) < 4.78 is 0. The van der Waals surface area contributed by atoms with Gasteiger partial charge < -0.3 is 15.3 Å². The molecule has 1 heterocycles. The zero-order valence-corrected chi connectivity index (χ0v) is 13.9. The largest absolute Gasteiger partial charge is 0.396 e. The van der Waals surface area contributed by atoms with E-state index >= 15 is 0 Å². The Morgan fingerprint density at radius 3 is 2.71 bits per heavy atom. The Kier molecular flexibility index (Phi) is 5.28. The fraction of sp³-hybridized carbons (Fsp3) is 0.667. The average Bonchev–Trinajstić information content (AvgIpc) is 2.45. The molecule has 0 saturated carbocycles. The van der Waals surface area contributed by atoms with Gasteiger partial charge in [-0.1, -0.05) is 6.07 Å². The van der Waals surface area contributed by atoms with E-state index in [0.717, 1.165) is 26.1 Å². The number of aliphatic hydroxyl groups excluding tert-OH is 1. The van der Waals surface area contributed by atoms with E-state index in [1.807, 2.05) is 0 Å². The highest BCUT2D eigenvalue weighted by molar-refractivity contribution is 5.51. The van der Waals surface area contributed by atoms with E-state index in [1.165, 1.54) is 23.2 Å². The maximum absolute atomic E-state index is 9.37. The maximum Gasteiger partial charge on any atom is 0.0476 e. The topological polar surface area (TPSA) is 35.5 Å². The van der Waals surface area contributed by atoms with Crippen LogP contribution in [0.15, 0.2) is 18.2 Å². The van der Waals surface area contributed by atoms with Gasteiger partial charge in [-0.15, -0.1) is 0 Å². The third kappa shape index (κ3) is 4.72. The molecule has 3 nitrogen and oxygen atoms in total. The molecule has 0 amide bonds. The van der Waals surface area contributed by atoms with Crippen molar-refractivity contribution >= 4 is 5.69 Å². The molecule has 118 valence electrons. The summed E-state index contributed by atoms with van der Waals surface area (Å²) in [4.78, 5) is 2.42. The number of benzene rings is 1. The van der Waals surface area contributed by atoms with Crippen LogP contribution < -0.4 is 10.2 Å². The summed E-state index contributed by atoms with van der Waals surface area (Å²) in [5, 5.41) is 12.9. The molecule has 2 N–H and O–H groups in total. The van der Waals surface area contributed by atoms with Gasteiger partial charge in [0.2, 0.25) is 0 Å². The number of nitrogens with zero attached hydrogens (tertiary/aromatic N) is 1. The van der Waals surface area contributed by atoms with Crippen molar-refractivity contribution in [2.24, 2.45) is 5.92 Å². The number of piperidine rings is 1. The third-order valence-corrected chi connectivity index (χ3v) is 4.28. The van der Waals surface area contributed by atoms with E-state index in [0.29, 0.717) is 12.5 Å². The van der Waals surface area contributed by atoms with Crippen molar-refractivity contribution in [1.29, 1.82) is 0 Å². The number of aliphatic hydroxyl groups is 1. The van der Waals surface area contributed by atoms with Crippen LogP contribution in [0, 0.1) is 12.8 Å². The van der Waals surface area contributed by atoms with Crippen LogP contribution in [0.1, 0.15) is 44.7 Å². The molecule has 0 radical (unpaired) electrons. The number of anilines is 1. The normalized spacial score (nSPS) is 19.9. The van der Waals surface area contributed by atoms with Gasteiger partial charge in [0.25, 0.3) is 0 Å². The molecule has 1 aromatic carbocycles. The van der Waals surface area contributed by atoms with E-state index in [9.17, 15) is 5.11 Å². The highest BCUT2D eigenvalue weighted by atomic mass is 16.3. The van der Waals surface area contributed by atoms with Crippen LogP contribution >= 0.6 is 0 Å². The minimum absolute atomic E-state index is 0.145. The predicted octanol–water partition coefficient (Wildman–Crippen LogP) is 3.09. The average molecular weight is 290 g/mol. The van der Waals surface area contributed by atoms with Crippen LogP contribution in [0.4, 0.5) is 5.69 Å². The smallest absolute Gasteiger partial charge is 0.0476 e. The van der Waals surface area contributed by atoms with Gasteiger partial charge in [0.15, 0.2) is 0 Å². The molecule has 1 aliphatic rings. The fourth-order valence-electron chi connectivity index (χ4n) is 2.88. The zero-order chi connectivity index (χ0) is 15.5. The second-order valence-corrected chi connectivity index (χ2v) is 7.35. The first-order chi connectivity index (χ1) is 9.89. The van der Waals surface area contributed by atoms with Gasteiger partial charge in [-0.25, -0.2) is 0 Å². The minimum Gasteiger partial charge on any atom is -0.396 e. The van der Waals surface area contributed by atoms with Crippen LogP contribution in [0.2, 0.25) is 0 Å². The first kappa shape index (κ1) is 16.3. The first-order valence-corrected chi connectivity index (χ1v) is 8.09. The van der Waals surface area contributed by atoms with E-state index in [4.69, 9.17) is 0 Å². The van der Waals surface area contributed by atoms with Crippen molar-refractivity contribution in [2.45, 2.75) is 52.6 Å². The molecule has 3 heteroatoms. The van der Waals surface area contributed by atoms with Crippen molar-refractivity contribution < 1.29 is 5.11 Å². The Balaban J connectivity index is 2.04. The summed E-state index contributed by atoms with van der Waals surface area (Å²) in [6.45, 7) is 12.1. The molecule has 0 aromatic heterocycles. The monoisotopic (exact) mass is 290 g/mol. The summed E-state index contributed by atoms with van der Waals surface area (Å²) in [6.07, 6.45) is 2.33. The summed E-state index contributed by atoms with van der Waals surface area (Å²) in [7, 11) is 0. The van der Waals surface area contributed by atoms with Crippen LogP contribution in [-0.2, 0) is 6.54 Å². The van der Waals surface area contributed by atoms with Crippen molar-refractivity contribution in [3.63, 3.8) is 0 Å². The molecule has 1 aliphatic heterocycles. The molecular weight excluding hydrogens is 260 g/mol. The summed E-state index contributed by atoms with van der Waals surface area (Å²) in [6, 6.07) is 6.76. The number of hydrogen-bond acceptors (Lipinski definition) is 3. The molecule has 0 bridgehead atoms. The number of hydrogen-bond donors (Lipinski definition) is 2. The van der Waals surface area contributed by atoms with Crippen LogP contribution in [0.25, 0.3) is 0 Å². The van der Waals surface area contributed by atoms with E-state index in [2.05, 4.69) is 56.1 Å². The van der Waals surface area contributed by atoms with Crippen LogP contribution in [-0.4, -0.2) is 30.3 Å². The van der Waals surface area contributed by atoms with E-state index in [-0.39, 0.29) is 5.54 Å². The fourth-order valence-corrected chi connectivity index (χ4v) is 2.88. The van der Waals surface area contributed by atoms with Crippen molar-refractivity contribution in [1.82, 2.24) is 5.32 Å². The molecule has 2 rings (SSSR count). The Morgan fingerprint density at radius 2 is 2.10 bits per heavy atom. The maximum atomic E-state index is 9.37. The van der Waals surface area contributed by atoms with Crippen molar-refractivity contribution in [3.8, 4) is 0 Å². The lowest BCUT2D eigenvalue weighted by Gasteiger charge is -2.34. The number of rotatable bonds is 4. The quantitative estimate of drug-likeness (QED) is 0.894. The zero-order valence-electron chi connectivity index (χ0n) is 13.9. The molecule has 1 unspecified atom stereocenters. The Labute approximate surface area is 129 Å². The van der Waals surface area contributed by atoms with Gasteiger partial charge in [-0.2, -0.15) is 0 Å². The van der Waals surface area contributed by atoms with Gasteiger partial charge in [-0.3, -0.25) is 0 Å². The standard InChI is InChI=1S/C18H30N2O/c1-14-10-17(20-9-5-6-15(12-20)13-21)8-7-16(14)11-19-18(2,3)4/h7-8,10,15,19,21H,5-6,9,11-13H2,1-4H3. The lowest BCUT2D eigenvalue weighted by molar-refractivity contribution is 0.208. The SMILES string of the molecule is Cc1cc(N2CCCC(CO)C2)ccc1CNC(C)(C)C. The van der Waals surface area contributed by atoms with Crippen LogP contribution in [0.5, 0.6) is 0 Å². The number of aryl methyl sites for hydroxylation is 1.